The van der Waals surface area contributed by atoms with E-state index in [0.29, 0.717) is 22.6 Å². The lowest BCUT2D eigenvalue weighted by Gasteiger charge is -2.08. The topological polar surface area (TPSA) is 89.2 Å². The first-order valence-corrected chi connectivity index (χ1v) is 8.01. The van der Waals surface area contributed by atoms with Crippen molar-refractivity contribution in [1.29, 1.82) is 0 Å². The van der Waals surface area contributed by atoms with Crippen LogP contribution in [0.2, 0.25) is 0 Å². The molecule has 2 N–H and O–H groups in total. The van der Waals surface area contributed by atoms with Crippen molar-refractivity contribution < 1.29 is 14.1 Å². The molecule has 1 aromatic carbocycles. The third kappa shape index (κ3) is 3.00. The Balaban J connectivity index is 1.78. The number of aryl methyl sites for hydroxylation is 2. The second-order valence-corrected chi connectivity index (χ2v) is 6.24. The zero-order valence-electron chi connectivity index (χ0n) is 14.6. The van der Waals surface area contributed by atoms with Crippen LogP contribution in [0.25, 0.3) is 10.9 Å². The number of hydrazine groups is 1. The van der Waals surface area contributed by atoms with Gasteiger partial charge in [-0.3, -0.25) is 20.4 Å². The SMILES string of the molecule is Cc1noc(C(C)C)c1C(=O)NNC(=O)c1cn(C)c2ccccc12. The van der Waals surface area contributed by atoms with E-state index in [1.54, 1.807) is 13.1 Å². The highest BCUT2D eigenvalue weighted by Crippen LogP contribution is 2.22. The minimum Gasteiger partial charge on any atom is -0.360 e. The van der Waals surface area contributed by atoms with Crippen LogP contribution < -0.4 is 10.9 Å². The fourth-order valence-corrected chi connectivity index (χ4v) is 2.82. The molecule has 0 spiro atoms. The lowest BCUT2D eigenvalue weighted by Crippen LogP contribution is -2.42. The summed E-state index contributed by atoms with van der Waals surface area (Å²) >= 11 is 0. The number of nitrogens with zero attached hydrogens (tertiary/aromatic N) is 2. The van der Waals surface area contributed by atoms with E-state index in [9.17, 15) is 9.59 Å². The summed E-state index contributed by atoms with van der Waals surface area (Å²) in [6.07, 6.45) is 1.73. The molecular formula is C18H20N4O3. The minimum atomic E-state index is -0.448. The number of para-hydroxylation sites is 1. The maximum atomic E-state index is 12.5. The van der Waals surface area contributed by atoms with E-state index < -0.39 is 5.91 Å². The van der Waals surface area contributed by atoms with Crippen molar-refractivity contribution in [3.8, 4) is 0 Å². The fourth-order valence-electron chi connectivity index (χ4n) is 2.82. The normalized spacial score (nSPS) is 11.1. The van der Waals surface area contributed by atoms with Gasteiger partial charge in [0, 0.05) is 30.1 Å². The Morgan fingerprint density at radius 1 is 1.16 bits per heavy atom. The van der Waals surface area contributed by atoms with Crippen molar-refractivity contribution in [2.24, 2.45) is 7.05 Å². The van der Waals surface area contributed by atoms with Crippen molar-refractivity contribution in [2.45, 2.75) is 26.7 Å². The Labute approximate surface area is 145 Å². The van der Waals surface area contributed by atoms with Crippen LogP contribution in [-0.4, -0.2) is 21.5 Å². The first kappa shape index (κ1) is 16.8. The number of amides is 2. The van der Waals surface area contributed by atoms with Gasteiger partial charge in [-0.25, -0.2) is 0 Å². The largest absolute Gasteiger partial charge is 0.360 e. The van der Waals surface area contributed by atoms with Crippen LogP contribution in [0.5, 0.6) is 0 Å². The molecule has 0 aliphatic carbocycles. The number of carbonyl (C=O) groups excluding carboxylic acids is 2. The van der Waals surface area contributed by atoms with Crippen molar-refractivity contribution in [1.82, 2.24) is 20.6 Å². The number of aromatic nitrogens is 2. The van der Waals surface area contributed by atoms with Crippen LogP contribution >= 0.6 is 0 Å². The van der Waals surface area contributed by atoms with E-state index >= 15 is 0 Å². The second kappa shape index (κ2) is 6.43. The van der Waals surface area contributed by atoms with Crippen molar-refractivity contribution in [2.75, 3.05) is 0 Å². The summed E-state index contributed by atoms with van der Waals surface area (Å²) in [7, 11) is 1.87. The smallest absolute Gasteiger partial charge is 0.275 e. The quantitative estimate of drug-likeness (QED) is 0.717. The average Bonchev–Trinajstić information content (AvgIpc) is 3.14. The number of benzene rings is 1. The summed E-state index contributed by atoms with van der Waals surface area (Å²) in [6, 6.07) is 7.58. The maximum Gasteiger partial charge on any atom is 0.275 e. The highest BCUT2D eigenvalue weighted by atomic mass is 16.5. The van der Waals surface area contributed by atoms with Gasteiger partial charge in [0.25, 0.3) is 11.8 Å². The minimum absolute atomic E-state index is 0.00992. The molecule has 0 atom stereocenters. The molecule has 0 unspecified atom stereocenters. The van der Waals surface area contributed by atoms with Gasteiger partial charge < -0.3 is 9.09 Å². The van der Waals surface area contributed by atoms with E-state index in [0.717, 1.165) is 10.9 Å². The molecule has 0 aliphatic rings. The van der Waals surface area contributed by atoms with Gasteiger partial charge in [-0.1, -0.05) is 37.2 Å². The molecule has 7 nitrogen and oxygen atoms in total. The van der Waals surface area contributed by atoms with Gasteiger partial charge in [-0.05, 0) is 13.0 Å². The number of nitrogens with one attached hydrogen (secondary N) is 2. The van der Waals surface area contributed by atoms with Crippen LogP contribution in [0.3, 0.4) is 0 Å². The second-order valence-electron chi connectivity index (χ2n) is 6.24. The van der Waals surface area contributed by atoms with Crippen molar-refractivity contribution in [3.63, 3.8) is 0 Å². The highest BCUT2D eigenvalue weighted by molar-refractivity contribution is 6.08. The third-order valence-electron chi connectivity index (χ3n) is 4.07. The number of hydrogen-bond acceptors (Lipinski definition) is 4. The summed E-state index contributed by atoms with van der Waals surface area (Å²) in [5.41, 5.74) is 7.18. The molecule has 130 valence electrons. The summed E-state index contributed by atoms with van der Waals surface area (Å²) in [5, 5.41) is 4.66. The number of rotatable bonds is 3. The molecule has 7 heteroatoms. The molecule has 2 amide bonds. The molecule has 25 heavy (non-hydrogen) atoms. The lowest BCUT2D eigenvalue weighted by molar-refractivity contribution is 0.0845. The van der Waals surface area contributed by atoms with Crippen molar-refractivity contribution in [3.05, 3.63) is 53.0 Å². The van der Waals surface area contributed by atoms with Crippen LogP contribution in [0.1, 0.15) is 51.9 Å². The molecule has 0 saturated carbocycles. The van der Waals surface area contributed by atoms with Crippen LogP contribution in [-0.2, 0) is 7.05 Å². The van der Waals surface area contributed by atoms with Gasteiger partial charge in [0.15, 0.2) is 5.76 Å². The lowest BCUT2D eigenvalue weighted by atomic mass is 10.0. The standard InChI is InChI=1S/C18H20N4O3/c1-10(2)16-15(11(3)21-25-16)18(24)20-19-17(23)13-9-22(4)14-8-6-5-7-12(13)14/h5-10H,1-4H3,(H,19,23)(H,20,24). The van der Waals surface area contributed by atoms with E-state index in [-0.39, 0.29) is 11.8 Å². The summed E-state index contributed by atoms with van der Waals surface area (Å²) in [5.74, 6) is -0.327. The van der Waals surface area contributed by atoms with E-state index in [1.807, 2.05) is 49.7 Å². The number of fused-ring (bicyclic) bond motifs is 1. The predicted octanol–water partition coefficient (Wildman–Crippen LogP) is 2.67. The molecule has 3 aromatic rings. The molecule has 2 aromatic heterocycles. The van der Waals surface area contributed by atoms with E-state index in [4.69, 9.17) is 4.52 Å². The molecule has 0 aliphatic heterocycles. The zero-order valence-corrected chi connectivity index (χ0v) is 14.6. The number of carbonyl (C=O) groups is 2. The first-order chi connectivity index (χ1) is 11.9. The molecule has 0 bridgehead atoms. The molecule has 2 heterocycles. The van der Waals surface area contributed by atoms with E-state index in [2.05, 4.69) is 16.0 Å². The first-order valence-electron chi connectivity index (χ1n) is 8.01. The molecule has 0 fully saturated rings. The Bertz CT molecular complexity index is 953. The third-order valence-corrected chi connectivity index (χ3v) is 4.07. The maximum absolute atomic E-state index is 12.5. The van der Waals surface area contributed by atoms with Crippen molar-refractivity contribution >= 4 is 22.7 Å². The fraction of sp³-hybridized carbons (Fsp3) is 0.278. The highest BCUT2D eigenvalue weighted by Gasteiger charge is 2.23. The Hall–Kier alpha value is -3.09. The predicted molar refractivity (Wildman–Crippen MR) is 93.2 cm³/mol. The monoisotopic (exact) mass is 340 g/mol. The van der Waals surface area contributed by atoms with Crippen LogP contribution in [0.15, 0.2) is 35.0 Å². The summed E-state index contributed by atoms with van der Waals surface area (Å²) < 4.78 is 7.07. The molecule has 0 saturated heterocycles. The Morgan fingerprint density at radius 2 is 1.84 bits per heavy atom. The van der Waals surface area contributed by atoms with Gasteiger partial charge in [0.05, 0.1) is 11.3 Å². The molecule has 0 radical (unpaired) electrons. The van der Waals surface area contributed by atoms with Crippen LogP contribution in [0.4, 0.5) is 0 Å². The van der Waals surface area contributed by atoms with Gasteiger partial charge in [0.2, 0.25) is 0 Å². The summed E-state index contributed by atoms with van der Waals surface area (Å²) in [6.45, 7) is 5.51. The van der Waals surface area contributed by atoms with Gasteiger partial charge in [0.1, 0.15) is 5.56 Å². The number of hydrogen-bond donors (Lipinski definition) is 2. The Kier molecular flexibility index (Phi) is 4.31. The zero-order chi connectivity index (χ0) is 18.1. The average molecular weight is 340 g/mol. The van der Waals surface area contributed by atoms with E-state index in [1.165, 1.54) is 0 Å². The van der Waals surface area contributed by atoms with Gasteiger partial charge in [-0.2, -0.15) is 0 Å². The summed E-state index contributed by atoms with van der Waals surface area (Å²) in [4.78, 5) is 24.9. The van der Waals surface area contributed by atoms with Crippen LogP contribution in [0, 0.1) is 6.92 Å². The van der Waals surface area contributed by atoms with Gasteiger partial charge >= 0.3 is 0 Å². The molecule has 3 rings (SSSR count). The Morgan fingerprint density at radius 3 is 2.56 bits per heavy atom. The molecular weight excluding hydrogens is 320 g/mol. The van der Waals surface area contributed by atoms with Gasteiger partial charge in [-0.15, -0.1) is 0 Å².